The van der Waals surface area contributed by atoms with E-state index in [9.17, 15) is 9.59 Å². The van der Waals surface area contributed by atoms with Crippen molar-refractivity contribution in [1.29, 1.82) is 0 Å². The molecule has 0 radical (unpaired) electrons. The van der Waals surface area contributed by atoms with Gasteiger partial charge in [0, 0.05) is 16.4 Å². The number of halogens is 1. The van der Waals surface area contributed by atoms with E-state index in [1.54, 1.807) is 43.3 Å². The second-order valence-corrected chi connectivity index (χ2v) is 5.25. The van der Waals surface area contributed by atoms with Gasteiger partial charge in [-0.05, 0) is 49.7 Å². The predicted molar refractivity (Wildman–Crippen MR) is 91.2 cm³/mol. The topological polar surface area (TPSA) is 67.4 Å². The van der Waals surface area contributed by atoms with Crippen molar-refractivity contribution in [2.75, 3.05) is 17.2 Å². The molecule has 0 unspecified atom stereocenters. The Labute approximate surface area is 139 Å². The second-order valence-electron chi connectivity index (χ2n) is 4.84. The summed E-state index contributed by atoms with van der Waals surface area (Å²) in [5, 5.41) is 5.92. The standard InChI is InChI=1S/C17H17ClN2O3/c1-3-23-16(21)12-5-4-6-13(9-12)19-17(22)20-14-8-7-11(2)15(18)10-14/h4-10H,3H2,1-2H3,(H2,19,20,22). The van der Waals surface area contributed by atoms with Crippen LogP contribution in [-0.4, -0.2) is 18.6 Å². The van der Waals surface area contributed by atoms with Crippen LogP contribution >= 0.6 is 11.6 Å². The molecule has 0 spiro atoms. The van der Waals surface area contributed by atoms with E-state index in [-0.39, 0.29) is 0 Å². The lowest BCUT2D eigenvalue weighted by molar-refractivity contribution is 0.0526. The number of benzene rings is 2. The SMILES string of the molecule is CCOC(=O)c1cccc(NC(=O)Nc2ccc(C)c(Cl)c2)c1. The first-order valence-corrected chi connectivity index (χ1v) is 7.48. The Morgan fingerprint density at radius 1 is 1.09 bits per heavy atom. The zero-order valence-electron chi connectivity index (χ0n) is 12.9. The lowest BCUT2D eigenvalue weighted by Gasteiger charge is -2.09. The number of rotatable bonds is 4. The molecule has 0 aliphatic rings. The molecule has 2 rings (SSSR count). The van der Waals surface area contributed by atoms with E-state index in [2.05, 4.69) is 10.6 Å². The van der Waals surface area contributed by atoms with E-state index in [4.69, 9.17) is 16.3 Å². The summed E-state index contributed by atoms with van der Waals surface area (Å²) in [5.74, 6) is -0.429. The van der Waals surface area contributed by atoms with Gasteiger partial charge in [0.05, 0.1) is 12.2 Å². The van der Waals surface area contributed by atoms with Gasteiger partial charge in [-0.15, -0.1) is 0 Å². The summed E-state index contributed by atoms with van der Waals surface area (Å²) < 4.78 is 4.93. The Hall–Kier alpha value is -2.53. The summed E-state index contributed by atoms with van der Waals surface area (Å²) in [6.45, 7) is 3.92. The first-order valence-electron chi connectivity index (χ1n) is 7.11. The summed E-state index contributed by atoms with van der Waals surface area (Å²) in [7, 11) is 0. The zero-order chi connectivity index (χ0) is 16.8. The van der Waals surface area contributed by atoms with Crippen molar-refractivity contribution in [2.45, 2.75) is 13.8 Å². The van der Waals surface area contributed by atoms with Crippen LogP contribution in [0, 0.1) is 6.92 Å². The number of esters is 1. The summed E-state index contributed by atoms with van der Waals surface area (Å²) in [4.78, 5) is 23.7. The monoisotopic (exact) mass is 332 g/mol. The molecule has 2 amide bonds. The maximum absolute atomic E-state index is 12.0. The van der Waals surface area contributed by atoms with Gasteiger partial charge in [-0.2, -0.15) is 0 Å². The molecule has 0 saturated heterocycles. The van der Waals surface area contributed by atoms with Crippen molar-refractivity contribution in [2.24, 2.45) is 0 Å². The van der Waals surface area contributed by atoms with Crippen molar-refractivity contribution >= 4 is 35.0 Å². The highest BCUT2D eigenvalue weighted by molar-refractivity contribution is 6.31. The van der Waals surface area contributed by atoms with Crippen molar-refractivity contribution in [3.8, 4) is 0 Å². The third-order valence-electron chi connectivity index (χ3n) is 3.06. The Morgan fingerprint density at radius 2 is 1.78 bits per heavy atom. The smallest absolute Gasteiger partial charge is 0.338 e. The Morgan fingerprint density at radius 3 is 2.43 bits per heavy atom. The average molecular weight is 333 g/mol. The fourth-order valence-corrected chi connectivity index (χ4v) is 2.08. The largest absolute Gasteiger partial charge is 0.462 e. The van der Waals surface area contributed by atoms with E-state index in [0.717, 1.165) is 5.56 Å². The van der Waals surface area contributed by atoms with Gasteiger partial charge in [0.2, 0.25) is 0 Å². The molecule has 0 atom stereocenters. The number of carbonyl (C=O) groups is 2. The minimum Gasteiger partial charge on any atom is -0.462 e. The number of ether oxygens (including phenoxy) is 1. The van der Waals surface area contributed by atoms with Crippen LogP contribution in [0.2, 0.25) is 5.02 Å². The van der Waals surface area contributed by atoms with Gasteiger partial charge in [0.15, 0.2) is 0 Å². The highest BCUT2D eigenvalue weighted by Gasteiger charge is 2.09. The molecule has 2 aromatic rings. The number of nitrogens with one attached hydrogen (secondary N) is 2. The molecule has 0 aliphatic heterocycles. The molecule has 0 fully saturated rings. The van der Waals surface area contributed by atoms with E-state index in [1.807, 2.05) is 13.0 Å². The molecule has 0 bridgehead atoms. The minimum absolute atomic E-state index is 0.297. The lowest BCUT2D eigenvalue weighted by Crippen LogP contribution is -2.19. The molecule has 120 valence electrons. The summed E-state index contributed by atoms with van der Waals surface area (Å²) >= 11 is 6.02. The van der Waals surface area contributed by atoms with Crippen LogP contribution in [0.5, 0.6) is 0 Å². The molecule has 0 aromatic heterocycles. The number of carbonyl (C=O) groups excluding carboxylic acids is 2. The van der Waals surface area contributed by atoms with Gasteiger partial charge >= 0.3 is 12.0 Å². The number of anilines is 2. The molecule has 0 heterocycles. The molecular weight excluding hydrogens is 316 g/mol. The minimum atomic E-state index is -0.429. The van der Waals surface area contributed by atoms with E-state index >= 15 is 0 Å². The summed E-state index contributed by atoms with van der Waals surface area (Å²) in [5.41, 5.74) is 2.38. The maximum Gasteiger partial charge on any atom is 0.338 e. The predicted octanol–water partition coefficient (Wildman–Crippen LogP) is 4.47. The quantitative estimate of drug-likeness (QED) is 0.812. The van der Waals surface area contributed by atoms with Crippen LogP contribution < -0.4 is 10.6 Å². The van der Waals surface area contributed by atoms with Crippen molar-refractivity contribution in [3.05, 3.63) is 58.6 Å². The fraction of sp³-hybridized carbons (Fsp3) is 0.176. The average Bonchev–Trinajstić information content (AvgIpc) is 2.51. The molecule has 6 heteroatoms. The number of hydrogen-bond donors (Lipinski definition) is 2. The molecule has 23 heavy (non-hydrogen) atoms. The number of urea groups is 1. The van der Waals surface area contributed by atoms with Crippen LogP contribution in [0.15, 0.2) is 42.5 Å². The van der Waals surface area contributed by atoms with Crippen LogP contribution in [0.25, 0.3) is 0 Å². The van der Waals surface area contributed by atoms with Gasteiger partial charge in [0.1, 0.15) is 0 Å². The Kier molecular flexibility index (Phi) is 5.60. The highest BCUT2D eigenvalue weighted by atomic mass is 35.5. The van der Waals surface area contributed by atoms with Gasteiger partial charge in [0.25, 0.3) is 0 Å². The molecular formula is C17H17ClN2O3. The molecule has 2 aromatic carbocycles. The Bertz CT molecular complexity index is 732. The van der Waals surface area contributed by atoms with Gasteiger partial charge in [-0.1, -0.05) is 23.7 Å². The van der Waals surface area contributed by atoms with Crippen molar-refractivity contribution < 1.29 is 14.3 Å². The first kappa shape index (κ1) is 16.8. The number of hydrogen-bond acceptors (Lipinski definition) is 3. The zero-order valence-corrected chi connectivity index (χ0v) is 13.6. The third-order valence-corrected chi connectivity index (χ3v) is 3.47. The first-order chi connectivity index (χ1) is 11.0. The van der Waals surface area contributed by atoms with Crippen molar-refractivity contribution in [1.82, 2.24) is 0 Å². The van der Waals surface area contributed by atoms with Gasteiger partial charge in [-0.25, -0.2) is 9.59 Å². The lowest BCUT2D eigenvalue weighted by atomic mass is 10.2. The third kappa shape index (κ3) is 4.72. The molecule has 0 aliphatic carbocycles. The van der Waals surface area contributed by atoms with Crippen LogP contribution in [0.3, 0.4) is 0 Å². The molecule has 5 nitrogen and oxygen atoms in total. The van der Waals surface area contributed by atoms with E-state index in [1.165, 1.54) is 0 Å². The van der Waals surface area contributed by atoms with E-state index < -0.39 is 12.0 Å². The fourth-order valence-electron chi connectivity index (χ4n) is 1.90. The van der Waals surface area contributed by atoms with Crippen LogP contribution in [0.1, 0.15) is 22.8 Å². The summed E-state index contributed by atoms with van der Waals surface area (Å²) in [6, 6.07) is 11.4. The van der Waals surface area contributed by atoms with Crippen LogP contribution in [-0.2, 0) is 4.74 Å². The molecule has 2 N–H and O–H groups in total. The van der Waals surface area contributed by atoms with E-state index in [0.29, 0.717) is 28.6 Å². The Balaban J connectivity index is 2.03. The number of amides is 2. The maximum atomic E-state index is 12.0. The van der Waals surface area contributed by atoms with Crippen LogP contribution in [0.4, 0.5) is 16.2 Å². The normalized spacial score (nSPS) is 10.0. The highest BCUT2D eigenvalue weighted by Crippen LogP contribution is 2.20. The molecule has 0 saturated carbocycles. The van der Waals surface area contributed by atoms with Gasteiger partial charge in [-0.3, -0.25) is 0 Å². The van der Waals surface area contributed by atoms with Crippen molar-refractivity contribution in [3.63, 3.8) is 0 Å². The number of aryl methyl sites for hydroxylation is 1. The van der Waals surface area contributed by atoms with Gasteiger partial charge < -0.3 is 15.4 Å². The second kappa shape index (κ2) is 7.65. The summed E-state index contributed by atoms with van der Waals surface area (Å²) in [6.07, 6.45) is 0.